The van der Waals surface area contributed by atoms with E-state index in [2.05, 4.69) is 10.1 Å². The Morgan fingerprint density at radius 3 is 2.62 bits per heavy atom. The summed E-state index contributed by atoms with van der Waals surface area (Å²) in [5.41, 5.74) is 3.48. The largest absolute Gasteiger partial charge is 0.406 e. The number of aromatic nitrogens is 5. The third-order valence-corrected chi connectivity index (χ3v) is 5.58. The molecule has 0 atom stereocenters. The smallest absolute Gasteiger partial charge is 0.334 e. The summed E-state index contributed by atoms with van der Waals surface area (Å²) in [4.78, 5) is 23.7. The second kappa shape index (κ2) is 8.92. The van der Waals surface area contributed by atoms with E-state index in [1.54, 1.807) is 24.0 Å². The molecule has 1 aromatic carbocycles. The zero-order valence-electron chi connectivity index (χ0n) is 19.3. The molecule has 0 aliphatic rings. The van der Waals surface area contributed by atoms with Crippen LogP contribution in [0.5, 0.6) is 0 Å². The van der Waals surface area contributed by atoms with Gasteiger partial charge in [0.05, 0.1) is 29.4 Å². The van der Waals surface area contributed by atoms with E-state index in [0.29, 0.717) is 22.3 Å². The van der Waals surface area contributed by atoms with Crippen LogP contribution in [0.2, 0.25) is 0 Å². The lowest BCUT2D eigenvalue weighted by molar-refractivity contribution is -0.141. The number of halogens is 3. The number of amides is 1. The maximum atomic E-state index is 13.5. The first-order valence-corrected chi connectivity index (χ1v) is 10.8. The van der Waals surface area contributed by atoms with Crippen LogP contribution in [0.1, 0.15) is 41.6 Å². The fourth-order valence-electron chi connectivity index (χ4n) is 3.89. The number of pyridine rings is 1. The molecule has 0 N–H and O–H groups in total. The van der Waals surface area contributed by atoms with Gasteiger partial charge in [-0.1, -0.05) is 24.3 Å². The Labute approximate surface area is 194 Å². The highest BCUT2D eigenvalue weighted by molar-refractivity contribution is 6.06. The molecule has 0 saturated heterocycles. The Balaban J connectivity index is 1.75. The number of nitrogens with zero attached hydrogens (tertiary/aromatic N) is 6. The molecule has 0 bridgehead atoms. The van der Waals surface area contributed by atoms with Crippen molar-refractivity contribution in [1.82, 2.24) is 29.2 Å². The SMILES string of the molecule is Cc1ccccc1-c1cc(C(=O)N(C)Cc2nccn2CC(F)(F)F)c2cnn(C(C)C)c2n1. The molecule has 3 heterocycles. The van der Waals surface area contributed by atoms with Crippen LogP contribution in [0.15, 0.2) is 48.9 Å². The number of hydrogen-bond donors (Lipinski definition) is 0. The van der Waals surface area contributed by atoms with Gasteiger partial charge >= 0.3 is 6.18 Å². The first kappa shape index (κ1) is 23.5. The van der Waals surface area contributed by atoms with E-state index >= 15 is 0 Å². The topological polar surface area (TPSA) is 68.8 Å². The molecule has 3 aromatic heterocycles. The lowest BCUT2D eigenvalue weighted by atomic mass is 10.0. The van der Waals surface area contributed by atoms with Crippen LogP contribution in [-0.4, -0.2) is 48.3 Å². The molecule has 7 nitrogen and oxygen atoms in total. The number of benzene rings is 1. The van der Waals surface area contributed by atoms with Crippen molar-refractivity contribution in [1.29, 1.82) is 0 Å². The van der Waals surface area contributed by atoms with Crippen molar-refractivity contribution in [3.63, 3.8) is 0 Å². The molecule has 4 aromatic rings. The van der Waals surface area contributed by atoms with Gasteiger partial charge in [0.1, 0.15) is 12.4 Å². The highest BCUT2D eigenvalue weighted by Crippen LogP contribution is 2.29. The minimum Gasteiger partial charge on any atom is -0.334 e. The van der Waals surface area contributed by atoms with Crippen LogP contribution in [0, 0.1) is 6.92 Å². The number of rotatable bonds is 6. The van der Waals surface area contributed by atoms with Gasteiger partial charge in [0, 0.05) is 31.0 Å². The summed E-state index contributed by atoms with van der Waals surface area (Å²) < 4.78 is 41.4. The predicted octanol–water partition coefficient (Wildman–Crippen LogP) is 5.02. The van der Waals surface area contributed by atoms with E-state index in [1.807, 2.05) is 45.0 Å². The zero-order valence-corrected chi connectivity index (χ0v) is 19.3. The Morgan fingerprint density at radius 2 is 1.94 bits per heavy atom. The van der Waals surface area contributed by atoms with Gasteiger partial charge in [0.15, 0.2) is 5.65 Å². The number of alkyl halides is 3. The fraction of sp³-hybridized carbons (Fsp3) is 0.333. The third kappa shape index (κ3) is 4.66. The van der Waals surface area contributed by atoms with Crippen LogP contribution in [0.3, 0.4) is 0 Å². The minimum atomic E-state index is -4.39. The van der Waals surface area contributed by atoms with Crippen LogP contribution in [0.25, 0.3) is 22.3 Å². The van der Waals surface area contributed by atoms with Crippen LogP contribution < -0.4 is 0 Å². The normalized spacial score (nSPS) is 12.0. The Bertz CT molecular complexity index is 1340. The van der Waals surface area contributed by atoms with Gasteiger partial charge in [-0.25, -0.2) is 14.6 Å². The van der Waals surface area contributed by atoms with Crippen molar-refractivity contribution in [2.75, 3.05) is 7.05 Å². The van der Waals surface area contributed by atoms with Gasteiger partial charge in [0.25, 0.3) is 5.91 Å². The molecule has 0 saturated carbocycles. The fourth-order valence-corrected chi connectivity index (χ4v) is 3.89. The van der Waals surface area contributed by atoms with E-state index in [-0.39, 0.29) is 24.3 Å². The summed E-state index contributed by atoms with van der Waals surface area (Å²) >= 11 is 0. The summed E-state index contributed by atoms with van der Waals surface area (Å²) in [6, 6.07) is 9.48. The van der Waals surface area contributed by atoms with Crippen LogP contribution in [0.4, 0.5) is 13.2 Å². The zero-order chi connectivity index (χ0) is 24.6. The van der Waals surface area contributed by atoms with Crippen molar-refractivity contribution in [2.24, 2.45) is 0 Å². The minimum absolute atomic E-state index is 0.0210. The van der Waals surface area contributed by atoms with Gasteiger partial charge in [0.2, 0.25) is 0 Å². The van der Waals surface area contributed by atoms with E-state index in [9.17, 15) is 18.0 Å². The molecule has 0 aliphatic carbocycles. The summed E-state index contributed by atoms with van der Waals surface area (Å²) in [6.45, 7) is 4.67. The average molecular weight is 470 g/mol. The Kier molecular flexibility index (Phi) is 6.16. The predicted molar refractivity (Wildman–Crippen MR) is 122 cm³/mol. The van der Waals surface area contributed by atoms with Crippen molar-refractivity contribution >= 4 is 16.9 Å². The van der Waals surface area contributed by atoms with Gasteiger partial charge in [-0.05, 0) is 32.4 Å². The van der Waals surface area contributed by atoms with E-state index < -0.39 is 12.7 Å². The van der Waals surface area contributed by atoms with Crippen molar-refractivity contribution in [3.8, 4) is 11.3 Å². The lowest BCUT2D eigenvalue weighted by Crippen LogP contribution is -2.29. The van der Waals surface area contributed by atoms with Gasteiger partial charge < -0.3 is 9.47 Å². The van der Waals surface area contributed by atoms with Crippen molar-refractivity contribution in [2.45, 2.75) is 46.1 Å². The average Bonchev–Trinajstić information content (AvgIpc) is 3.38. The molecule has 0 radical (unpaired) electrons. The molecule has 4 rings (SSSR count). The van der Waals surface area contributed by atoms with E-state index in [0.717, 1.165) is 15.7 Å². The molecule has 0 fully saturated rings. The summed E-state index contributed by atoms with van der Waals surface area (Å²) in [7, 11) is 1.54. The van der Waals surface area contributed by atoms with Crippen LogP contribution in [-0.2, 0) is 13.1 Å². The molecule has 0 unspecified atom stereocenters. The molecular weight excluding hydrogens is 445 g/mol. The van der Waals surface area contributed by atoms with E-state index in [1.165, 1.54) is 17.3 Å². The first-order valence-electron chi connectivity index (χ1n) is 10.8. The first-order chi connectivity index (χ1) is 16.0. The lowest BCUT2D eigenvalue weighted by Gasteiger charge is -2.19. The molecule has 10 heteroatoms. The number of imidazole rings is 1. The molecular formula is C24H25F3N6O. The summed E-state index contributed by atoms with van der Waals surface area (Å²) in [6.07, 6.45) is -0.222. The highest BCUT2D eigenvalue weighted by atomic mass is 19.4. The number of aryl methyl sites for hydroxylation is 1. The Morgan fingerprint density at radius 1 is 1.21 bits per heavy atom. The molecule has 0 aliphatic heterocycles. The second-order valence-electron chi connectivity index (χ2n) is 8.54. The molecule has 0 spiro atoms. The number of fused-ring (bicyclic) bond motifs is 1. The second-order valence-corrected chi connectivity index (χ2v) is 8.54. The summed E-state index contributed by atoms with van der Waals surface area (Å²) in [5.74, 6) is -0.206. The van der Waals surface area contributed by atoms with Gasteiger partial charge in [-0.3, -0.25) is 4.79 Å². The Hall–Kier alpha value is -3.69. The van der Waals surface area contributed by atoms with Gasteiger partial charge in [-0.15, -0.1) is 0 Å². The maximum absolute atomic E-state index is 13.5. The van der Waals surface area contributed by atoms with Crippen LogP contribution >= 0.6 is 0 Å². The maximum Gasteiger partial charge on any atom is 0.406 e. The van der Waals surface area contributed by atoms with Crippen molar-refractivity contribution < 1.29 is 18.0 Å². The van der Waals surface area contributed by atoms with Crippen molar-refractivity contribution in [3.05, 3.63) is 65.9 Å². The monoisotopic (exact) mass is 470 g/mol. The van der Waals surface area contributed by atoms with Gasteiger partial charge in [-0.2, -0.15) is 18.3 Å². The standard InChI is InChI=1S/C24H25F3N6O/c1-15(2)33-22-19(12-29-33)18(11-20(30-22)17-8-6-5-7-16(17)3)23(34)31(4)13-21-28-9-10-32(21)14-24(25,26)27/h5-12,15H,13-14H2,1-4H3. The number of carbonyl (C=O) groups excluding carboxylic acids is 1. The quantitative estimate of drug-likeness (QED) is 0.397. The number of hydrogen-bond acceptors (Lipinski definition) is 4. The number of carbonyl (C=O) groups is 1. The molecule has 34 heavy (non-hydrogen) atoms. The molecule has 178 valence electrons. The summed E-state index contributed by atoms with van der Waals surface area (Å²) in [5, 5.41) is 5.01. The third-order valence-electron chi connectivity index (χ3n) is 5.58. The van der Waals surface area contributed by atoms with E-state index in [4.69, 9.17) is 4.98 Å². The molecule has 1 amide bonds. The highest BCUT2D eigenvalue weighted by Gasteiger charge is 2.29.